The van der Waals surface area contributed by atoms with Gasteiger partial charge in [0.2, 0.25) is 17.4 Å². The molecule has 1 amide bonds. The van der Waals surface area contributed by atoms with Gasteiger partial charge >= 0.3 is 5.97 Å². The number of carbonyl (C=O) groups excluding carboxylic acids is 2. The van der Waals surface area contributed by atoms with Crippen molar-refractivity contribution >= 4 is 23.9 Å². The zero-order valence-electron chi connectivity index (χ0n) is 19.9. The Balaban J connectivity index is 1.59. The molecule has 15 heteroatoms. The summed E-state index contributed by atoms with van der Waals surface area (Å²) in [5.74, 6) is -0.490. The van der Waals surface area contributed by atoms with Gasteiger partial charge in [0.25, 0.3) is 5.91 Å². The maximum Gasteiger partial charge on any atom is 0.308 e. The van der Waals surface area contributed by atoms with Gasteiger partial charge in [0.15, 0.2) is 17.2 Å². The lowest BCUT2D eigenvalue weighted by atomic mass is 10.2. The number of hydrogen-bond acceptors (Lipinski definition) is 13. The fraction of sp³-hybridized carbons (Fsp3) is 0.381. The van der Waals surface area contributed by atoms with Gasteiger partial charge in [-0.15, -0.1) is 5.10 Å². The molecule has 1 aliphatic heterocycles. The summed E-state index contributed by atoms with van der Waals surface area (Å²) in [4.78, 5) is 26.8. The zero-order chi connectivity index (χ0) is 25.7. The van der Waals surface area contributed by atoms with Gasteiger partial charge in [-0.25, -0.2) is 10.1 Å². The summed E-state index contributed by atoms with van der Waals surface area (Å²) in [7, 11) is 2.84. The number of nitrogens with one attached hydrogen (secondary N) is 1. The van der Waals surface area contributed by atoms with Crippen molar-refractivity contribution in [3.05, 3.63) is 29.1 Å². The van der Waals surface area contributed by atoms with Crippen molar-refractivity contribution < 1.29 is 28.4 Å². The number of carbonyl (C=O) groups is 2. The first-order chi connectivity index (χ1) is 17.4. The summed E-state index contributed by atoms with van der Waals surface area (Å²) >= 11 is 0. The molecule has 3 heterocycles. The van der Waals surface area contributed by atoms with Crippen molar-refractivity contribution in [1.82, 2.24) is 35.6 Å². The molecule has 0 radical (unpaired) electrons. The molecule has 1 aliphatic rings. The second kappa shape index (κ2) is 10.8. The minimum atomic E-state index is -0.594. The van der Waals surface area contributed by atoms with Crippen LogP contribution in [0.2, 0.25) is 0 Å². The van der Waals surface area contributed by atoms with E-state index in [0.717, 1.165) is 25.9 Å². The number of hydrazone groups is 1. The van der Waals surface area contributed by atoms with Gasteiger partial charge in [-0.1, -0.05) is 5.21 Å². The number of nitrogen functional groups attached to an aromatic ring is 1. The Morgan fingerprint density at radius 3 is 2.47 bits per heavy atom. The van der Waals surface area contributed by atoms with Crippen LogP contribution in [0, 0.1) is 0 Å². The van der Waals surface area contributed by atoms with Gasteiger partial charge in [-0.2, -0.15) is 9.78 Å². The lowest BCUT2D eigenvalue weighted by molar-refractivity contribution is -0.132. The number of hydrogen-bond donors (Lipinski definition) is 2. The van der Waals surface area contributed by atoms with Crippen LogP contribution in [0.15, 0.2) is 21.9 Å². The van der Waals surface area contributed by atoms with Crippen LogP contribution in [0.5, 0.6) is 17.2 Å². The van der Waals surface area contributed by atoms with Crippen molar-refractivity contribution in [3.63, 3.8) is 0 Å². The third kappa shape index (κ3) is 5.25. The summed E-state index contributed by atoms with van der Waals surface area (Å²) < 4.78 is 21.6. The first-order valence-corrected chi connectivity index (χ1v) is 10.9. The van der Waals surface area contributed by atoms with E-state index in [-0.39, 0.29) is 34.6 Å². The molecular formula is C21H25N9O6. The number of methoxy groups -OCH3 is 2. The molecule has 1 aromatic carbocycles. The number of aromatic nitrogens is 5. The van der Waals surface area contributed by atoms with Crippen molar-refractivity contribution in [1.29, 1.82) is 0 Å². The largest absolute Gasteiger partial charge is 0.493 e. The highest BCUT2D eigenvalue weighted by Gasteiger charge is 2.27. The molecule has 0 unspecified atom stereocenters. The van der Waals surface area contributed by atoms with Crippen molar-refractivity contribution in [2.45, 2.75) is 26.3 Å². The maximum atomic E-state index is 13.2. The lowest BCUT2D eigenvalue weighted by Crippen LogP contribution is -2.26. The summed E-state index contributed by atoms with van der Waals surface area (Å²) in [6.45, 7) is 3.48. The number of likely N-dealkylation sites (tertiary alicyclic amines) is 1. The molecule has 0 saturated carbocycles. The fourth-order valence-corrected chi connectivity index (χ4v) is 3.72. The first-order valence-electron chi connectivity index (χ1n) is 10.9. The van der Waals surface area contributed by atoms with E-state index in [1.54, 1.807) is 12.1 Å². The van der Waals surface area contributed by atoms with E-state index in [1.165, 1.54) is 32.0 Å². The smallest absolute Gasteiger partial charge is 0.308 e. The molecule has 3 N–H and O–H groups in total. The number of ether oxygens (including phenoxy) is 3. The molecule has 0 atom stereocenters. The highest BCUT2D eigenvalue weighted by molar-refractivity contribution is 5.95. The van der Waals surface area contributed by atoms with Crippen LogP contribution >= 0.6 is 0 Å². The number of esters is 1. The van der Waals surface area contributed by atoms with Crippen LogP contribution in [0.1, 0.15) is 41.5 Å². The number of nitrogens with two attached hydrogens (primary N) is 1. The quantitative estimate of drug-likeness (QED) is 0.180. The molecule has 0 bridgehead atoms. The number of nitrogens with zero attached hydrogens (tertiary/aromatic N) is 7. The normalized spacial score (nSPS) is 13.8. The highest BCUT2D eigenvalue weighted by Crippen LogP contribution is 2.38. The molecule has 0 aliphatic carbocycles. The molecule has 2 aromatic heterocycles. The summed E-state index contributed by atoms with van der Waals surface area (Å²) in [6, 6.07) is 3.14. The molecule has 36 heavy (non-hydrogen) atoms. The Labute approximate surface area is 205 Å². The average molecular weight is 499 g/mol. The molecule has 0 spiro atoms. The van der Waals surface area contributed by atoms with Crippen molar-refractivity contribution in [2.24, 2.45) is 5.10 Å². The second-order valence-electron chi connectivity index (χ2n) is 7.80. The monoisotopic (exact) mass is 499 g/mol. The minimum absolute atomic E-state index is 0.0415. The van der Waals surface area contributed by atoms with Crippen LogP contribution in [0.25, 0.3) is 5.82 Å². The number of amides is 1. The van der Waals surface area contributed by atoms with Crippen LogP contribution in [0.4, 0.5) is 5.82 Å². The van der Waals surface area contributed by atoms with Gasteiger partial charge in [-0.3, -0.25) is 14.5 Å². The Kier molecular flexibility index (Phi) is 7.39. The van der Waals surface area contributed by atoms with E-state index in [9.17, 15) is 9.59 Å². The molecule has 4 rings (SSSR count). The molecule has 3 aromatic rings. The predicted octanol–water partition coefficient (Wildman–Crippen LogP) is 0.535. The van der Waals surface area contributed by atoms with E-state index in [0.29, 0.717) is 17.8 Å². The van der Waals surface area contributed by atoms with E-state index in [4.69, 9.17) is 19.9 Å². The first kappa shape index (κ1) is 24.6. The van der Waals surface area contributed by atoms with Crippen molar-refractivity contribution in [2.75, 3.05) is 33.0 Å². The van der Waals surface area contributed by atoms with E-state index < -0.39 is 11.9 Å². The molecular weight excluding hydrogens is 474 g/mol. The zero-order valence-corrected chi connectivity index (χ0v) is 19.9. The second-order valence-corrected chi connectivity index (χ2v) is 7.80. The standard InChI is InChI=1S/C21H25N9O6/c1-12(31)35-18-15(33-2)8-13(9-16(18)34-3)10-23-25-21(32)17-14(11-29-6-4-5-7-29)24-28-30(17)20-19(22)26-36-27-20/h8-10H,4-7,11H2,1-3H3,(H2,22,26)(H,25,32)/b23-10+. The Bertz CT molecular complexity index is 1250. The van der Waals surface area contributed by atoms with Gasteiger partial charge < -0.3 is 19.9 Å². The maximum absolute atomic E-state index is 13.2. The Morgan fingerprint density at radius 2 is 1.89 bits per heavy atom. The van der Waals surface area contributed by atoms with Crippen molar-refractivity contribution in [3.8, 4) is 23.1 Å². The topological polar surface area (TPSA) is 185 Å². The van der Waals surface area contributed by atoms with E-state index >= 15 is 0 Å². The fourth-order valence-electron chi connectivity index (χ4n) is 3.72. The minimum Gasteiger partial charge on any atom is -0.493 e. The molecule has 1 fully saturated rings. The highest BCUT2D eigenvalue weighted by atomic mass is 16.6. The number of rotatable bonds is 9. The van der Waals surface area contributed by atoms with Crippen LogP contribution in [-0.4, -0.2) is 75.6 Å². The molecule has 1 saturated heterocycles. The Hall–Kier alpha value is -4.53. The third-order valence-corrected chi connectivity index (χ3v) is 5.33. The summed E-state index contributed by atoms with van der Waals surface area (Å²) in [5.41, 5.74) is 9.31. The molecule has 190 valence electrons. The van der Waals surface area contributed by atoms with Gasteiger partial charge in [0.05, 0.1) is 20.4 Å². The van der Waals surface area contributed by atoms with E-state index in [2.05, 4.69) is 40.7 Å². The van der Waals surface area contributed by atoms with Crippen LogP contribution in [-0.2, 0) is 11.3 Å². The number of benzene rings is 1. The van der Waals surface area contributed by atoms with Gasteiger partial charge in [0, 0.05) is 19.0 Å². The van der Waals surface area contributed by atoms with Gasteiger partial charge in [0.1, 0.15) is 5.69 Å². The predicted molar refractivity (Wildman–Crippen MR) is 124 cm³/mol. The third-order valence-electron chi connectivity index (χ3n) is 5.33. The van der Waals surface area contributed by atoms with Crippen LogP contribution < -0.4 is 25.4 Å². The SMILES string of the molecule is COc1cc(/C=N/NC(=O)c2c(CN3CCCC3)nnn2-c2nonc2N)cc(OC)c1OC(C)=O. The number of anilines is 1. The molecule has 15 nitrogen and oxygen atoms in total. The lowest BCUT2D eigenvalue weighted by Gasteiger charge is -2.13. The van der Waals surface area contributed by atoms with Gasteiger partial charge in [-0.05, 0) is 48.4 Å². The Morgan fingerprint density at radius 1 is 1.19 bits per heavy atom. The average Bonchev–Trinajstić information content (AvgIpc) is 3.61. The van der Waals surface area contributed by atoms with Crippen LogP contribution in [0.3, 0.4) is 0 Å². The van der Waals surface area contributed by atoms with E-state index in [1.807, 2.05) is 0 Å². The summed E-state index contributed by atoms with van der Waals surface area (Å²) in [5, 5.41) is 19.5. The summed E-state index contributed by atoms with van der Waals surface area (Å²) in [6.07, 6.45) is 3.52.